The summed E-state index contributed by atoms with van der Waals surface area (Å²) in [5.74, 6) is 0.514. The Kier molecular flexibility index (Phi) is 3.39. The molecule has 0 bridgehead atoms. The topological polar surface area (TPSA) is 48.0 Å². The fraction of sp³-hybridized carbons (Fsp3) is 0.0667. The molecule has 0 saturated heterocycles. The number of halogens is 1. The average Bonchev–Trinajstić information content (AvgIpc) is 2.91. The normalized spacial score (nSPS) is 10.7. The van der Waals surface area contributed by atoms with E-state index >= 15 is 0 Å². The zero-order chi connectivity index (χ0) is 13.9. The Labute approximate surface area is 120 Å². The van der Waals surface area contributed by atoms with E-state index in [1.807, 2.05) is 18.2 Å². The Morgan fingerprint density at radius 1 is 1.15 bits per heavy atom. The van der Waals surface area contributed by atoms with Crippen molar-refractivity contribution >= 4 is 11.6 Å². The van der Waals surface area contributed by atoms with Crippen molar-refractivity contribution in [1.29, 1.82) is 0 Å². The van der Waals surface area contributed by atoms with Gasteiger partial charge in [0.25, 0.3) is 5.56 Å². The summed E-state index contributed by atoms with van der Waals surface area (Å²) in [4.78, 5) is 16.0. The number of hydrogen-bond acceptors (Lipinski definition) is 3. The molecule has 1 aromatic carbocycles. The molecule has 0 saturated carbocycles. The van der Waals surface area contributed by atoms with Gasteiger partial charge in [-0.25, -0.2) is 4.98 Å². The average molecular weight is 287 g/mol. The van der Waals surface area contributed by atoms with Gasteiger partial charge in [0.05, 0.1) is 12.2 Å². The minimum atomic E-state index is -0.0662. The molecule has 0 amide bonds. The molecule has 0 aliphatic carbocycles. The van der Waals surface area contributed by atoms with Gasteiger partial charge in [0.2, 0.25) is 5.89 Å². The first-order valence-corrected chi connectivity index (χ1v) is 6.46. The lowest BCUT2D eigenvalue weighted by atomic mass is 10.2. The van der Waals surface area contributed by atoms with E-state index in [2.05, 4.69) is 4.98 Å². The van der Waals surface area contributed by atoms with Crippen LogP contribution in [0.3, 0.4) is 0 Å². The molecule has 0 unspecified atom stereocenters. The first kappa shape index (κ1) is 12.7. The molecule has 5 heteroatoms. The van der Waals surface area contributed by atoms with Crippen LogP contribution in [-0.2, 0) is 6.54 Å². The largest absolute Gasteiger partial charge is 0.444 e. The van der Waals surface area contributed by atoms with E-state index in [0.29, 0.717) is 23.2 Å². The van der Waals surface area contributed by atoms with Crippen LogP contribution < -0.4 is 5.56 Å². The minimum Gasteiger partial charge on any atom is -0.444 e. The molecule has 3 rings (SSSR count). The quantitative estimate of drug-likeness (QED) is 0.743. The predicted molar refractivity (Wildman–Crippen MR) is 76.8 cm³/mol. The number of benzene rings is 1. The third-order valence-corrected chi connectivity index (χ3v) is 3.13. The molecule has 0 fully saturated rings. The van der Waals surface area contributed by atoms with Gasteiger partial charge in [-0.05, 0) is 30.3 Å². The monoisotopic (exact) mass is 286 g/mol. The Morgan fingerprint density at radius 2 is 1.95 bits per heavy atom. The van der Waals surface area contributed by atoms with Crippen LogP contribution in [0.1, 0.15) is 5.69 Å². The second-order valence-corrected chi connectivity index (χ2v) is 4.75. The van der Waals surface area contributed by atoms with Crippen molar-refractivity contribution in [3.8, 4) is 11.5 Å². The number of pyridine rings is 1. The van der Waals surface area contributed by atoms with Gasteiger partial charge in [0.1, 0.15) is 6.26 Å². The highest BCUT2D eigenvalue weighted by atomic mass is 35.5. The maximum absolute atomic E-state index is 11.6. The van der Waals surface area contributed by atoms with Gasteiger partial charge in [0.15, 0.2) is 0 Å². The van der Waals surface area contributed by atoms with Gasteiger partial charge >= 0.3 is 0 Å². The van der Waals surface area contributed by atoms with Crippen molar-refractivity contribution in [2.24, 2.45) is 0 Å². The molecular formula is C15H11ClN2O2. The number of rotatable bonds is 3. The van der Waals surface area contributed by atoms with E-state index < -0.39 is 0 Å². The van der Waals surface area contributed by atoms with Crippen molar-refractivity contribution in [2.45, 2.75) is 6.54 Å². The van der Waals surface area contributed by atoms with Crippen LogP contribution in [0.25, 0.3) is 11.5 Å². The van der Waals surface area contributed by atoms with Crippen LogP contribution in [0.15, 0.2) is 64.1 Å². The summed E-state index contributed by atoms with van der Waals surface area (Å²) in [5, 5.41) is 0.663. The fourth-order valence-corrected chi connectivity index (χ4v) is 2.00. The van der Waals surface area contributed by atoms with Crippen molar-refractivity contribution in [3.63, 3.8) is 0 Å². The first-order valence-electron chi connectivity index (χ1n) is 6.08. The fourth-order valence-electron chi connectivity index (χ4n) is 1.87. The van der Waals surface area contributed by atoms with Crippen molar-refractivity contribution in [2.75, 3.05) is 0 Å². The maximum Gasteiger partial charge on any atom is 0.250 e. The second kappa shape index (κ2) is 5.35. The van der Waals surface area contributed by atoms with Gasteiger partial charge in [-0.2, -0.15) is 0 Å². The van der Waals surface area contributed by atoms with Crippen molar-refractivity contribution in [1.82, 2.24) is 9.55 Å². The summed E-state index contributed by atoms with van der Waals surface area (Å²) in [6, 6.07) is 12.3. The summed E-state index contributed by atoms with van der Waals surface area (Å²) in [7, 11) is 0. The van der Waals surface area contributed by atoms with Crippen molar-refractivity contribution in [3.05, 3.63) is 76.0 Å². The molecule has 2 aromatic heterocycles. The molecular weight excluding hydrogens is 276 g/mol. The first-order chi connectivity index (χ1) is 9.72. The van der Waals surface area contributed by atoms with Crippen LogP contribution in [0.4, 0.5) is 0 Å². The Hall–Kier alpha value is -2.33. The highest BCUT2D eigenvalue weighted by molar-refractivity contribution is 6.30. The van der Waals surface area contributed by atoms with Crippen LogP contribution in [0.5, 0.6) is 0 Å². The minimum absolute atomic E-state index is 0.0662. The maximum atomic E-state index is 11.6. The molecule has 0 N–H and O–H groups in total. The smallest absolute Gasteiger partial charge is 0.250 e. The van der Waals surface area contributed by atoms with Gasteiger partial charge in [-0.15, -0.1) is 0 Å². The van der Waals surface area contributed by atoms with Gasteiger partial charge in [0, 0.05) is 22.8 Å². The molecule has 0 aliphatic rings. The Balaban J connectivity index is 1.86. The van der Waals surface area contributed by atoms with E-state index in [1.165, 1.54) is 6.07 Å². The summed E-state index contributed by atoms with van der Waals surface area (Å²) < 4.78 is 7.01. The molecule has 0 aliphatic heterocycles. The molecule has 20 heavy (non-hydrogen) atoms. The van der Waals surface area contributed by atoms with Gasteiger partial charge in [-0.3, -0.25) is 4.79 Å². The van der Waals surface area contributed by atoms with Crippen LogP contribution in [0, 0.1) is 0 Å². The third kappa shape index (κ3) is 2.65. The highest BCUT2D eigenvalue weighted by Gasteiger charge is 2.07. The van der Waals surface area contributed by atoms with Crippen LogP contribution >= 0.6 is 11.6 Å². The standard InChI is InChI=1S/C15H11ClN2O2/c16-12-6-4-11(5-7-12)15-17-13(10-20-15)9-18-8-2-1-3-14(18)19/h1-8,10H,9H2. The Bertz CT molecular complexity index is 775. The van der Waals surface area contributed by atoms with Crippen LogP contribution in [-0.4, -0.2) is 9.55 Å². The summed E-state index contributed by atoms with van der Waals surface area (Å²) in [6.45, 7) is 0.386. The summed E-state index contributed by atoms with van der Waals surface area (Å²) in [5.41, 5.74) is 1.48. The lowest BCUT2D eigenvalue weighted by Crippen LogP contribution is -2.18. The lowest BCUT2D eigenvalue weighted by molar-refractivity contribution is 0.571. The van der Waals surface area contributed by atoms with E-state index in [0.717, 1.165) is 5.56 Å². The molecule has 4 nitrogen and oxygen atoms in total. The van der Waals surface area contributed by atoms with Crippen LogP contribution in [0.2, 0.25) is 5.02 Å². The second-order valence-electron chi connectivity index (χ2n) is 4.32. The highest BCUT2D eigenvalue weighted by Crippen LogP contribution is 2.20. The number of nitrogens with zero attached hydrogens (tertiary/aromatic N) is 2. The van der Waals surface area contributed by atoms with E-state index in [9.17, 15) is 4.79 Å². The summed E-state index contributed by atoms with van der Waals surface area (Å²) in [6.07, 6.45) is 3.28. The zero-order valence-electron chi connectivity index (χ0n) is 10.5. The molecule has 3 aromatic rings. The van der Waals surface area contributed by atoms with E-state index in [1.54, 1.807) is 35.2 Å². The van der Waals surface area contributed by atoms with Gasteiger partial charge < -0.3 is 8.98 Å². The van der Waals surface area contributed by atoms with E-state index in [4.69, 9.17) is 16.0 Å². The number of oxazole rings is 1. The van der Waals surface area contributed by atoms with Crippen molar-refractivity contribution < 1.29 is 4.42 Å². The summed E-state index contributed by atoms with van der Waals surface area (Å²) >= 11 is 5.84. The lowest BCUT2D eigenvalue weighted by Gasteiger charge is -2.00. The Morgan fingerprint density at radius 3 is 2.70 bits per heavy atom. The predicted octanol–water partition coefficient (Wildman–Crippen LogP) is 3.21. The molecule has 0 spiro atoms. The molecule has 2 heterocycles. The van der Waals surface area contributed by atoms with E-state index in [-0.39, 0.29) is 5.56 Å². The molecule has 0 atom stereocenters. The number of aromatic nitrogens is 2. The van der Waals surface area contributed by atoms with Gasteiger partial charge in [-0.1, -0.05) is 17.7 Å². The number of hydrogen-bond donors (Lipinski definition) is 0. The zero-order valence-corrected chi connectivity index (χ0v) is 11.2. The molecule has 100 valence electrons. The SMILES string of the molecule is O=c1ccccn1Cc1coc(-c2ccc(Cl)cc2)n1. The third-order valence-electron chi connectivity index (χ3n) is 2.87. The molecule has 0 radical (unpaired) electrons.